The number of hydrogen-bond acceptors (Lipinski definition) is 3. The van der Waals surface area contributed by atoms with Crippen molar-refractivity contribution in [1.82, 2.24) is 10.2 Å². The minimum Gasteiger partial charge on any atom is -0.491 e. The Kier molecular flexibility index (Phi) is 4.86. The van der Waals surface area contributed by atoms with E-state index in [-0.39, 0.29) is 25.0 Å². The number of benzene rings is 1. The van der Waals surface area contributed by atoms with Crippen LogP contribution in [0.25, 0.3) is 0 Å². The number of amides is 2. The first-order chi connectivity index (χ1) is 11.7. The average Bonchev–Trinajstić information content (AvgIpc) is 2.50. The molecule has 0 aromatic heterocycles. The van der Waals surface area contributed by atoms with E-state index >= 15 is 0 Å². The lowest BCUT2D eigenvalue weighted by Gasteiger charge is -2.44. The summed E-state index contributed by atoms with van der Waals surface area (Å²) in [6.07, 6.45) is -0.849. The molecule has 1 aromatic carbocycles. The molecule has 0 radical (unpaired) electrons. The van der Waals surface area contributed by atoms with Gasteiger partial charge in [0.15, 0.2) is 0 Å². The molecule has 25 heavy (non-hydrogen) atoms. The van der Waals surface area contributed by atoms with Crippen molar-refractivity contribution in [3.05, 3.63) is 30.3 Å². The molecule has 0 spiro atoms. The number of carbonyl (C=O) groups is 1. The van der Waals surface area contributed by atoms with Crippen LogP contribution in [0, 0.1) is 0 Å². The number of halogens is 2. The van der Waals surface area contributed by atoms with Gasteiger partial charge in [0.05, 0.1) is 18.7 Å². The van der Waals surface area contributed by atoms with Crippen molar-refractivity contribution in [2.75, 3.05) is 19.7 Å². The van der Waals surface area contributed by atoms with Crippen LogP contribution in [-0.4, -0.2) is 54.3 Å². The summed E-state index contributed by atoms with van der Waals surface area (Å²) < 4.78 is 37.6. The molecule has 2 fully saturated rings. The molecule has 7 heteroatoms. The molecule has 1 atom stereocenters. The molecule has 1 aliphatic heterocycles. The van der Waals surface area contributed by atoms with Gasteiger partial charge in [-0.05, 0) is 26.0 Å². The van der Waals surface area contributed by atoms with Gasteiger partial charge in [0.2, 0.25) is 0 Å². The van der Waals surface area contributed by atoms with Crippen LogP contribution < -0.4 is 10.1 Å². The van der Waals surface area contributed by atoms with Crippen molar-refractivity contribution in [2.45, 2.75) is 50.4 Å². The second-order valence-electron chi connectivity index (χ2n) is 7.41. The van der Waals surface area contributed by atoms with Gasteiger partial charge in [0.1, 0.15) is 18.5 Å². The maximum absolute atomic E-state index is 12.9. The van der Waals surface area contributed by atoms with Crippen molar-refractivity contribution < 1.29 is 23.0 Å². The van der Waals surface area contributed by atoms with Crippen LogP contribution in [-0.2, 0) is 4.74 Å². The van der Waals surface area contributed by atoms with Crippen LogP contribution in [0.1, 0.15) is 26.7 Å². The fraction of sp³-hybridized carbons (Fsp3) is 0.611. The largest absolute Gasteiger partial charge is 0.491 e. The molecule has 5 nitrogen and oxygen atoms in total. The molecule has 0 bridgehead atoms. The first kappa shape index (κ1) is 17.9. The number of nitrogens with zero attached hydrogens (tertiary/aromatic N) is 1. The van der Waals surface area contributed by atoms with Crippen molar-refractivity contribution in [3.63, 3.8) is 0 Å². The van der Waals surface area contributed by atoms with E-state index in [2.05, 4.69) is 5.32 Å². The van der Waals surface area contributed by atoms with Crippen LogP contribution in [0.5, 0.6) is 5.75 Å². The van der Waals surface area contributed by atoms with E-state index in [0.29, 0.717) is 19.7 Å². The Bertz CT molecular complexity index is 602. The van der Waals surface area contributed by atoms with E-state index in [1.165, 1.54) is 0 Å². The van der Waals surface area contributed by atoms with Crippen LogP contribution in [0.4, 0.5) is 13.6 Å². The summed E-state index contributed by atoms with van der Waals surface area (Å²) in [6, 6.07) is 8.62. The highest BCUT2D eigenvalue weighted by molar-refractivity contribution is 5.75. The molecule has 1 heterocycles. The summed E-state index contributed by atoms with van der Waals surface area (Å²) >= 11 is 0. The van der Waals surface area contributed by atoms with E-state index in [4.69, 9.17) is 9.47 Å². The Hall–Kier alpha value is -1.89. The summed E-state index contributed by atoms with van der Waals surface area (Å²) in [6.45, 7) is 4.90. The number of urea groups is 1. The summed E-state index contributed by atoms with van der Waals surface area (Å²) in [7, 11) is 0. The molecule has 1 saturated carbocycles. The van der Waals surface area contributed by atoms with E-state index < -0.39 is 17.6 Å². The first-order valence-electron chi connectivity index (χ1n) is 8.51. The van der Waals surface area contributed by atoms with Crippen LogP contribution in [0.2, 0.25) is 0 Å². The van der Waals surface area contributed by atoms with Gasteiger partial charge in [-0.3, -0.25) is 0 Å². The number of hydrogen-bond donors (Lipinski definition) is 1. The maximum Gasteiger partial charge on any atom is 0.317 e. The molecule has 1 aromatic rings. The number of alkyl halides is 2. The zero-order valence-corrected chi connectivity index (χ0v) is 14.5. The molecule has 2 amide bonds. The van der Waals surface area contributed by atoms with Gasteiger partial charge >= 0.3 is 6.03 Å². The fourth-order valence-corrected chi connectivity index (χ4v) is 3.27. The number of morpholine rings is 1. The third-order valence-electron chi connectivity index (χ3n) is 4.37. The zero-order chi connectivity index (χ0) is 18.1. The van der Waals surface area contributed by atoms with E-state index in [0.717, 1.165) is 5.75 Å². The SMILES string of the molecule is CC1(C)CN(C(=O)NC2CC(F)(F)C2)CC(COc2ccccc2)O1. The number of ether oxygens (including phenoxy) is 2. The summed E-state index contributed by atoms with van der Waals surface area (Å²) in [5.41, 5.74) is -0.524. The van der Waals surface area contributed by atoms with Gasteiger partial charge < -0.3 is 19.7 Å². The topological polar surface area (TPSA) is 50.8 Å². The predicted molar refractivity (Wildman–Crippen MR) is 89.0 cm³/mol. The lowest BCUT2D eigenvalue weighted by molar-refractivity contribution is -0.136. The minimum atomic E-state index is -2.64. The Morgan fingerprint density at radius 1 is 1.32 bits per heavy atom. The van der Waals surface area contributed by atoms with Gasteiger partial charge in [-0.1, -0.05) is 18.2 Å². The highest BCUT2D eigenvalue weighted by Gasteiger charge is 2.47. The molecule has 3 rings (SSSR count). The predicted octanol–water partition coefficient (Wildman–Crippen LogP) is 3.05. The Labute approximate surface area is 146 Å². The van der Waals surface area contributed by atoms with Crippen LogP contribution in [0.3, 0.4) is 0 Å². The van der Waals surface area contributed by atoms with E-state index in [9.17, 15) is 13.6 Å². The van der Waals surface area contributed by atoms with Crippen LogP contribution in [0.15, 0.2) is 30.3 Å². The molecule has 1 unspecified atom stereocenters. The number of para-hydroxylation sites is 1. The van der Waals surface area contributed by atoms with Gasteiger partial charge in [0, 0.05) is 18.9 Å². The van der Waals surface area contributed by atoms with Gasteiger partial charge in [-0.2, -0.15) is 0 Å². The molecular weight excluding hydrogens is 330 g/mol. The molecule has 1 saturated heterocycles. The number of rotatable bonds is 4. The van der Waals surface area contributed by atoms with Crippen molar-refractivity contribution in [2.24, 2.45) is 0 Å². The lowest BCUT2D eigenvalue weighted by atomic mass is 9.88. The first-order valence-corrected chi connectivity index (χ1v) is 8.51. The van der Waals surface area contributed by atoms with E-state index in [1.54, 1.807) is 4.90 Å². The van der Waals surface area contributed by atoms with Crippen LogP contribution >= 0.6 is 0 Å². The Balaban J connectivity index is 1.54. The Morgan fingerprint density at radius 2 is 2.00 bits per heavy atom. The van der Waals surface area contributed by atoms with Gasteiger partial charge in [0.25, 0.3) is 5.92 Å². The van der Waals surface area contributed by atoms with Crippen molar-refractivity contribution >= 4 is 6.03 Å². The molecule has 138 valence electrons. The fourth-order valence-electron chi connectivity index (χ4n) is 3.27. The molecule has 2 aliphatic rings. The lowest BCUT2D eigenvalue weighted by Crippen LogP contribution is -2.61. The smallest absolute Gasteiger partial charge is 0.317 e. The van der Waals surface area contributed by atoms with Gasteiger partial charge in [-0.25, -0.2) is 13.6 Å². The second-order valence-corrected chi connectivity index (χ2v) is 7.41. The molecule has 1 N–H and O–H groups in total. The summed E-state index contributed by atoms with van der Waals surface area (Å²) in [4.78, 5) is 14.0. The summed E-state index contributed by atoms with van der Waals surface area (Å²) in [5, 5.41) is 2.68. The number of carbonyl (C=O) groups excluding carboxylic acids is 1. The summed E-state index contributed by atoms with van der Waals surface area (Å²) in [5.74, 6) is -1.91. The second kappa shape index (κ2) is 6.78. The average molecular weight is 354 g/mol. The minimum absolute atomic E-state index is 0.280. The highest BCUT2D eigenvalue weighted by Crippen LogP contribution is 2.37. The third kappa shape index (κ3) is 4.81. The molecule has 1 aliphatic carbocycles. The highest BCUT2D eigenvalue weighted by atomic mass is 19.3. The van der Waals surface area contributed by atoms with Crippen molar-refractivity contribution in [1.29, 1.82) is 0 Å². The third-order valence-corrected chi connectivity index (χ3v) is 4.37. The molecular formula is C18H24F2N2O3. The normalized spacial score (nSPS) is 25.1. The van der Waals surface area contributed by atoms with E-state index in [1.807, 2.05) is 44.2 Å². The monoisotopic (exact) mass is 354 g/mol. The number of nitrogens with one attached hydrogen (secondary N) is 1. The van der Waals surface area contributed by atoms with Gasteiger partial charge in [-0.15, -0.1) is 0 Å². The maximum atomic E-state index is 12.9. The van der Waals surface area contributed by atoms with Crippen molar-refractivity contribution in [3.8, 4) is 5.75 Å². The quantitative estimate of drug-likeness (QED) is 0.904. The zero-order valence-electron chi connectivity index (χ0n) is 14.5. The standard InChI is InChI=1S/C18H24F2N2O3/c1-17(2)12-22(16(23)21-13-8-18(19,20)9-13)10-15(25-17)11-24-14-6-4-3-5-7-14/h3-7,13,15H,8-12H2,1-2H3,(H,21,23). The Morgan fingerprint density at radius 3 is 2.64 bits per heavy atom.